The highest BCUT2D eigenvalue weighted by Gasteiger charge is 2.27. The van der Waals surface area contributed by atoms with Gasteiger partial charge >= 0.3 is 0 Å². The van der Waals surface area contributed by atoms with Crippen molar-refractivity contribution in [1.29, 1.82) is 0 Å². The van der Waals surface area contributed by atoms with E-state index in [1.807, 2.05) is 0 Å². The van der Waals surface area contributed by atoms with Crippen LogP contribution in [0.2, 0.25) is 0 Å². The highest BCUT2D eigenvalue weighted by atomic mass is 35.5. The Bertz CT molecular complexity index is 959. The lowest BCUT2D eigenvalue weighted by Crippen LogP contribution is -2.40. The molecule has 0 aromatic heterocycles. The number of carbonyl (C=O) groups excluding carboxylic acids is 1. The van der Waals surface area contributed by atoms with E-state index in [-0.39, 0.29) is 18.0 Å². The molecule has 0 unspecified atom stereocenters. The second-order valence-electron chi connectivity index (χ2n) is 6.97. The average molecular weight is 434 g/mol. The molecular formula is C18H22ClF2N3O3S. The van der Waals surface area contributed by atoms with Gasteiger partial charge in [0.25, 0.3) is 5.91 Å². The number of carbonyl (C=O) groups is 1. The van der Waals surface area contributed by atoms with E-state index in [1.165, 1.54) is 12.1 Å². The van der Waals surface area contributed by atoms with Gasteiger partial charge in [-0.1, -0.05) is 12.1 Å². The zero-order valence-electron chi connectivity index (χ0n) is 15.5. The second kappa shape index (κ2) is 8.95. The van der Waals surface area contributed by atoms with E-state index in [1.54, 1.807) is 32.9 Å². The summed E-state index contributed by atoms with van der Waals surface area (Å²) in [7, 11) is -4.25. The number of nitrogens with two attached hydrogens (primary N) is 1. The molecule has 0 saturated heterocycles. The van der Waals surface area contributed by atoms with E-state index < -0.39 is 43.7 Å². The first-order valence-corrected chi connectivity index (χ1v) is 9.54. The lowest BCUT2D eigenvalue weighted by atomic mass is 10.1. The van der Waals surface area contributed by atoms with Gasteiger partial charge in [0.15, 0.2) is 0 Å². The van der Waals surface area contributed by atoms with Crippen LogP contribution in [-0.2, 0) is 16.6 Å². The van der Waals surface area contributed by atoms with Gasteiger partial charge in [0, 0.05) is 23.7 Å². The van der Waals surface area contributed by atoms with Crippen molar-refractivity contribution in [2.45, 2.75) is 37.8 Å². The van der Waals surface area contributed by atoms with Crippen LogP contribution in [0.25, 0.3) is 0 Å². The molecule has 154 valence electrons. The Morgan fingerprint density at radius 3 is 2.14 bits per heavy atom. The molecule has 1 amide bonds. The minimum atomic E-state index is -4.25. The van der Waals surface area contributed by atoms with Crippen LogP contribution in [0.4, 0.5) is 14.5 Å². The third-order valence-corrected chi connectivity index (χ3v) is 5.22. The fourth-order valence-corrected chi connectivity index (χ4v) is 3.78. The summed E-state index contributed by atoms with van der Waals surface area (Å²) in [6.07, 6.45) is 0. The molecule has 6 nitrogen and oxygen atoms in total. The number of nitrogens with one attached hydrogen (secondary N) is 2. The summed E-state index contributed by atoms with van der Waals surface area (Å²) in [5.41, 5.74) is 5.20. The molecular weight excluding hydrogens is 412 g/mol. The molecule has 0 aliphatic rings. The molecule has 2 rings (SSSR count). The lowest BCUT2D eigenvalue weighted by Gasteiger charge is -2.21. The molecule has 2 aromatic rings. The fraction of sp³-hybridized carbons (Fsp3) is 0.278. The van der Waals surface area contributed by atoms with Gasteiger partial charge in [-0.05, 0) is 44.5 Å². The van der Waals surface area contributed by atoms with Gasteiger partial charge in [0.1, 0.15) is 16.5 Å². The first-order chi connectivity index (χ1) is 12.4. The van der Waals surface area contributed by atoms with Crippen molar-refractivity contribution in [2.75, 3.05) is 5.32 Å². The van der Waals surface area contributed by atoms with Gasteiger partial charge < -0.3 is 11.1 Å². The maximum atomic E-state index is 14.1. The maximum absolute atomic E-state index is 14.1. The average Bonchev–Trinajstić information content (AvgIpc) is 2.54. The van der Waals surface area contributed by atoms with Gasteiger partial charge in [-0.25, -0.2) is 21.9 Å². The van der Waals surface area contributed by atoms with Crippen LogP contribution in [-0.4, -0.2) is 19.9 Å². The summed E-state index contributed by atoms with van der Waals surface area (Å²) in [6.45, 7) is 5.05. The molecule has 28 heavy (non-hydrogen) atoms. The molecule has 2 aromatic carbocycles. The van der Waals surface area contributed by atoms with Crippen LogP contribution in [0.15, 0.2) is 41.3 Å². The predicted molar refractivity (Wildman–Crippen MR) is 106 cm³/mol. The standard InChI is InChI=1S/C18H21F2N3O3S.ClH/c1-18(2,3)23-27(25,26)16-9-15(13(19)8-14(16)20)22-17(24)12-6-4-11(10-21)5-7-12;/h4-9,23H,10,21H2,1-3H3,(H,22,24);1H. The van der Waals surface area contributed by atoms with E-state index in [0.29, 0.717) is 12.6 Å². The highest BCUT2D eigenvalue weighted by molar-refractivity contribution is 7.89. The third-order valence-electron chi connectivity index (χ3n) is 3.45. The molecule has 0 bridgehead atoms. The van der Waals surface area contributed by atoms with Crippen LogP contribution in [0.3, 0.4) is 0 Å². The van der Waals surface area contributed by atoms with Gasteiger partial charge in [0.2, 0.25) is 10.0 Å². The normalized spacial score (nSPS) is 11.6. The van der Waals surface area contributed by atoms with E-state index in [0.717, 1.165) is 11.6 Å². The maximum Gasteiger partial charge on any atom is 0.255 e. The molecule has 0 atom stereocenters. The third kappa shape index (κ3) is 5.96. The van der Waals surface area contributed by atoms with E-state index >= 15 is 0 Å². The zero-order valence-corrected chi connectivity index (χ0v) is 17.2. The van der Waals surface area contributed by atoms with Crippen molar-refractivity contribution in [1.82, 2.24) is 4.72 Å². The molecule has 0 aliphatic heterocycles. The Balaban J connectivity index is 0.00000392. The van der Waals surface area contributed by atoms with Crippen molar-refractivity contribution < 1.29 is 22.0 Å². The topological polar surface area (TPSA) is 101 Å². The van der Waals surface area contributed by atoms with E-state index in [9.17, 15) is 22.0 Å². The summed E-state index contributed by atoms with van der Waals surface area (Å²) in [5, 5.41) is 2.26. The Morgan fingerprint density at radius 1 is 1.07 bits per heavy atom. The van der Waals surface area contributed by atoms with Crippen molar-refractivity contribution in [3.8, 4) is 0 Å². The Morgan fingerprint density at radius 2 is 1.64 bits per heavy atom. The quantitative estimate of drug-likeness (QED) is 0.674. The number of anilines is 1. The van der Waals surface area contributed by atoms with Crippen LogP contribution >= 0.6 is 12.4 Å². The first-order valence-electron chi connectivity index (χ1n) is 8.06. The number of hydrogen-bond donors (Lipinski definition) is 3. The molecule has 0 spiro atoms. The molecule has 0 aliphatic carbocycles. The SMILES string of the molecule is CC(C)(C)NS(=O)(=O)c1cc(NC(=O)c2ccc(CN)cc2)c(F)cc1F.Cl. The second-order valence-corrected chi connectivity index (χ2v) is 8.62. The van der Waals surface area contributed by atoms with Crippen LogP contribution in [0.5, 0.6) is 0 Å². The zero-order chi connectivity index (χ0) is 20.4. The largest absolute Gasteiger partial charge is 0.326 e. The first kappa shape index (κ1) is 24.0. The monoisotopic (exact) mass is 433 g/mol. The van der Waals surface area contributed by atoms with Gasteiger partial charge in [-0.3, -0.25) is 4.79 Å². The minimum Gasteiger partial charge on any atom is -0.326 e. The molecule has 4 N–H and O–H groups in total. The number of halogens is 3. The van der Waals surface area contributed by atoms with Gasteiger partial charge in [-0.15, -0.1) is 12.4 Å². The number of benzene rings is 2. The van der Waals surface area contributed by atoms with Crippen molar-refractivity contribution in [3.63, 3.8) is 0 Å². The highest BCUT2D eigenvalue weighted by Crippen LogP contribution is 2.25. The summed E-state index contributed by atoms with van der Waals surface area (Å²) in [6, 6.07) is 7.45. The van der Waals surface area contributed by atoms with Crippen LogP contribution in [0, 0.1) is 11.6 Å². The summed E-state index contributed by atoms with van der Waals surface area (Å²) < 4.78 is 55.1. The Kier molecular flexibility index (Phi) is 7.66. The molecule has 0 radical (unpaired) electrons. The smallest absolute Gasteiger partial charge is 0.255 e. The Hall–Kier alpha value is -2.07. The predicted octanol–water partition coefficient (Wildman–Crippen LogP) is 3.17. The fourth-order valence-electron chi connectivity index (χ4n) is 2.28. The molecule has 0 fully saturated rings. The van der Waals surface area contributed by atoms with Crippen LogP contribution in [0.1, 0.15) is 36.7 Å². The number of sulfonamides is 1. The van der Waals surface area contributed by atoms with Crippen molar-refractivity contribution >= 4 is 34.0 Å². The lowest BCUT2D eigenvalue weighted by molar-refractivity contribution is 0.102. The Labute approximate surface area is 169 Å². The molecule has 0 heterocycles. The van der Waals surface area contributed by atoms with Crippen LogP contribution < -0.4 is 15.8 Å². The number of rotatable bonds is 5. The molecule has 10 heteroatoms. The number of amides is 1. The van der Waals surface area contributed by atoms with Crippen molar-refractivity contribution in [3.05, 3.63) is 59.2 Å². The van der Waals surface area contributed by atoms with Gasteiger partial charge in [-0.2, -0.15) is 0 Å². The van der Waals surface area contributed by atoms with Crippen molar-refractivity contribution in [2.24, 2.45) is 5.73 Å². The van der Waals surface area contributed by atoms with Gasteiger partial charge in [0.05, 0.1) is 5.69 Å². The summed E-state index contributed by atoms with van der Waals surface area (Å²) in [5.74, 6) is -3.01. The molecule has 0 saturated carbocycles. The van der Waals surface area contributed by atoms with E-state index in [2.05, 4.69) is 10.0 Å². The minimum absolute atomic E-state index is 0. The van der Waals surface area contributed by atoms with E-state index in [4.69, 9.17) is 5.73 Å². The number of hydrogen-bond acceptors (Lipinski definition) is 4. The summed E-state index contributed by atoms with van der Waals surface area (Å²) >= 11 is 0. The summed E-state index contributed by atoms with van der Waals surface area (Å²) in [4.78, 5) is 11.5.